The van der Waals surface area contributed by atoms with E-state index in [0.29, 0.717) is 43.7 Å². The zero-order chi connectivity index (χ0) is 18.0. The molecule has 0 saturated heterocycles. The smallest absolute Gasteiger partial charge is 0.377 e. The van der Waals surface area contributed by atoms with E-state index in [-0.39, 0.29) is 5.92 Å². The molecule has 10 heteroatoms. The molecule has 0 saturated carbocycles. The van der Waals surface area contributed by atoms with Gasteiger partial charge >= 0.3 is 6.18 Å². The number of alkyl halides is 3. The summed E-state index contributed by atoms with van der Waals surface area (Å²) < 4.78 is 50.0. The number of methoxy groups -OCH3 is 1. The van der Waals surface area contributed by atoms with Crippen LogP contribution in [0.3, 0.4) is 0 Å². The summed E-state index contributed by atoms with van der Waals surface area (Å²) in [6.07, 6.45) is -1.93. The van der Waals surface area contributed by atoms with Crippen LogP contribution in [-0.4, -0.2) is 45.3 Å². The summed E-state index contributed by atoms with van der Waals surface area (Å²) in [7, 11) is 3.48. The minimum atomic E-state index is -4.39. The standard InChI is InChI=1S/C15H20F3N5O2/c1-22(8-14-20-12(9-24-2)21-25-14)5-10-3-4-13-19-11(15(16,17)18)7-23(13)6-10/h7,10H,3-6,8-9H2,1-2H3. The van der Waals surface area contributed by atoms with Gasteiger partial charge in [0.05, 0.1) is 6.54 Å². The van der Waals surface area contributed by atoms with Gasteiger partial charge < -0.3 is 13.8 Å². The molecule has 2 aromatic heterocycles. The molecule has 0 radical (unpaired) electrons. The fourth-order valence-corrected chi connectivity index (χ4v) is 3.08. The molecule has 0 amide bonds. The van der Waals surface area contributed by atoms with Crippen molar-refractivity contribution < 1.29 is 22.4 Å². The first-order valence-corrected chi connectivity index (χ1v) is 7.97. The summed E-state index contributed by atoms with van der Waals surface area (Å²) in [5.41, 5.74) is -0.812. The average Bonchev–Trinajstić information content (AvgIpc) is 3.13. The van der Waals surface area contributed by atoms with Gasteiger partial charge in [-0.05, 0) is 19.4 Å². The molecule has 3 heterocycles. The second-order valence-corrected chi connectivity index (χ2v) is 6.33. The van der Waals surface area contributed by atoms with Gasteiger partial charge in [-0.2, -0.15) is 18.2 Å². The van der Waals surface area contributed by atoms with Crippen LogP contribution in [0.1, 0.15) is 29.7 Å². The number of imidazole rings is 1. The Hall–Kier alpha value is -1.94. The molecule has 0 N–H and O–H groups in total. The van der Waals surface area contributed by atoms with E-state index < -0.39 is 11.9 Å². The largest absolute Gasteiger partial charge is 0.434 e. The number of ether oxygens (including phenoxy) is 1. The predicted molar refractivity (Wildman–Crippen MR) is 80.4 cm³/mol. The van der Waals surface area contributed by atoms with Crippen LogP contribution >= 0.6 is 0 Å². The van der Waals surface area contributed by atoms with Crippen LogP contribution in [0.2, 0.25) is 0 Å². The van der Waals surface area contributed by atoms with Gasteiger partial charge in [-0.1, -0.05) is 5.16 Å². The van der Waals surface area contributed by atoms with Crippen molar-refractivity contribution in [3.8, 4) is 0 Å². The lowest BCUT2D eigenvalue weighted by molar-refractivity contribution is -0.141. The first kappa shape index (κ1) is 17.9. The maximum Gasteiger partial charge on any atom is 0.434 e. The minimum Gasteiger partial charge on any atom is -0.377 e. The lowest BCUT2D eigenvalue weighted by atomic mass is 9.99. The molecule has 0 spiro atoms. The Kier molecular flexibility index (Phi) is 5.09. The summed E-state index contributed by atoms with van der Waals surface area (Å²) in [4.78, 5) is 9.95. The van der Waals surface area contributed by atoms with Crippen LogP contribution < -0.4 is 0 Å². The van der Waals surface area contributed by atoms with Crippen molar-refractivity contribution in [3.63, 3.8) is 0 Å². The average molecular weight is 359 g/mol. The van der Waals surface area contributed by atoms with Crippen molar-refractivity contribution >= 4 is 0 Å². The number of aryl methyl sites for hydroxylation is 1. The third-order valence-corrected chi connectivity index (χ3v) is 4.14. The van der Waals surface area contributed by atoms with Crippen molar-refractivity contribution in [1.82, 2.24) is 24.6 Å². The first-order valence-electron chi connectivity index (χ1n) is 7.97. The molecule has 1 unspecified atom stereocenters. The van der Waals surface area contributed by atoms with E-state index in [1.807, 2.05) is 11.9 Å². The fraction of sp³-hybridized carbons (Fsp3) is 0.667. The number of aromatic nitrogens is 4. The number of nitrogens with zero attached hydrogens (tertiary/aromatic N) is 5. The van der Waals surface area contributed by atoms with Gasteiger partial charge in [-0.15, -0.1) is 0 Å². The molecule has 0 aromatic carbocycles. The van der Waals surface area contributed by atoms with E-state index in [0.717, 1.165) is 19.2 Å². The highest BCUT2D eigenvalue weighted by molar-refractivity contribution is 5.09. The molecule has 1 atom stereocenters. The Morgan fingerprint density at radius 1 is 1.40 bits per heavy atom. The van der Waals surface area contributed by atoms with Crippen LogP contribution in [-0.2, 0) is 37.0 Å². The van der Waals surface area contributed by atoms with Crippen LogP contribution in [0.4, 0.5) is 13.2 Å². The molecule has 0 fully saturated rings. The van der Waals surface area contributed by atoms with Crippen LogP contribution in [0, 0.1) is 5.92 Å². The van der Waals surface area contributed by atoms with Crippen molar-refractivity contribution in [1.29, 1.82) is 0 Å². The maximum absolute atomic E-state index is 12.8. The molecule has 1 aliphatic rings. The molecule has 0 bridgehead atoms. The second-order valence-electron chi connectivity index (χ2n) is 6.33. The maximum atomic E-state index is 12.8. The van der Waals surface area contributed by atoms with Gasteiger partial charge in [-0.3, -0.25) is 4.90 Å². The summed E-state index contributed by atoms with van der Waals surface area (Å²) in [6.45, 7) is 2.03. The van der Waals surface area contributed by atoms with Crippen molar-refractivity contribution in [2.75, 3.05) is 20.7 Å². The lowest BCUT2D eigenvalue weighted by Crippen LogP contribution is -2.31. The monoisotopic (exact) mass is 359 g/mol. The van der Waals surface area contributed by atoms with E-state index in [9.17, 15) is 13.2 Å². The summed E-state index contributed by atoms with van der Waals surface area (Å²) in [6, 6.07) is 0. The second kappa shape index (κ2) is 7.12. The first-order chi connectivity index (χ1) is 11.8. The Bertz CT molecular complexity index is 712. The molecule has 1 aliphatic heterocycles. The lowest BCUT2D eigenvalue weighted by Gasteiger charge is -2.27. The number of hydrogen-bond acceptors (Lipinski definition) is 6. The van der Waals surface area contributed by atoms with Gasteiger partial charge in [0.15, 0.2) is 11.5 Å². The molecule has 3 rings (SSSR count). The molecule has 138 valence electrons. The third kappa shape index (κ3) is 4.37. The van der Waals surface area contributed by atoms with E-state index in [4.69, 9.17) is 9.26 Å². The highest BCUT2D eigenvalue weighted by Gasteiger charge is 2.35. The zero-order valence-electron chi connectivity index (χ0n) is 14.1. The van der Waals surface area contributed by atoms with Gasteiger partial charge in [-0.25, -0.2) is 4.98 Å². The van der Waals surface area contributed by atoms with Gasteiger partial charge in [0.25, 0.3) is 0 Å². The Morgan fingerprint density at radius 2 is 2.20 bits per heavy atom. The number of halogens is 3. The van der Waals surface area contributed by atoms with Crippen molar-refractivity contribution in [2.24, 2.45) is 5.92 Å². The molecular formula is C15H20F3N5O2. The SMILES string of the molecule is COCc1noc(CN(C)CC2CCc3nc(C(F)(F)F)cn3C2)n1. The molecule has 25 heavy (non-hydrogen) atoms. The van der Waals surface area contributed by atoms with Gasteiger partial charge in [0.1, 0.15) is 12.4 Å². The van der Waals surface area contributed by atoms with E-state index in [1.54, 1.807) is 11.7 Å². The summed E-state index contributed by atoms with van der Waals surface area (Å²) in [5, 5.41) is 3.80. The third-order valence-electron chi connectivity index (χ3n) is 4.14. The van der Waals surface area contributed by atoms with E-state index in [1.165, 1.54) is 0 Å². The van der Waals surface area contributed by atoms with Crippen LogP contribution in [0.15, 0.2) is 10.7 Å². The highest BCUT2D eigenvalue weighted by Crippen LogP contribution is 2.30. The topological polar surface area (TPSA) is 69.2 Å². The summed E-state index contributed by atoms with van der Waals surface area (Å²) in [5.74, 6) is 1.74. The van der Waals surface area contributed by atoms with E-state index >= 15 is 0 Å². The van der Waals surface area contributed by atoms with Crippen molar-refractivity contribution in [3.05, 3.63) is 29.4 Å². The molecule has 0 aliphatic carbocycles. The van der Waals surface area contributed by atoms with Crippen molar-refractivity contribution in [2.45, 2.75) is 38.7 Å². The fourth-order valence-electron chi connectivity index (χ4n) is 3.08. The molecular weight excluding hydrogens is 339 g/mol. The van der Waals surface area contributed by atoms with Gasteiger partial charge in [0, 0.05) is 32.8 Å². The number of rotatable bonds is 6. The molecule has 7 nitrogen and oxygen atoms in total. The number of fused-ring (bicyclic) bond motifs is 1. The highest BCUT2D eigenvalue weighted by atomic mass is 19.4. The Labute approximate surface area is 142 Å². The van der Waals surface area contributed by atoms with E-state index in [2.05, 4.69) is 15.1 Å². The summed E-state index contributed by atoms with van der Waals surface area (Å²) >= 11 is 0. The van der Waals surface area contributed by atoms with Crippen LogP contribution in [0.5, 0.6) is 0 Å². The zero-order valence-corrected chi connectivity index (χ0v) is 14.1. The molecule has 2 aromatic rings. The van der Waals surface area contributed by atoms with Gasteiger partial charge in [0.2, 0.25) is 5.89 Å². The quantitative estimate of drug-likeness (QED) is 0.787. The Morgan fingerprint density at radius 3 is 2.92 bits per heavy atom. The Balaban J connectivity index is 1.56. The predicted octanol–water partition coefficient (Wildman–Crippen LogP) is 2.13. The number of hydrogen-bond donors (Lipinski definition) is 0. The minimum absolute atomic E-state index is 0.245. The normalized spacial score (nSPS) is 17.9. The van der Waals surface area contributed by atoms with Crippen LogP contribution in [0.25, 0.3) is 0 Å².